The number of sulfonamides is 1. The Hall–Kier alpha value is -1.49. The van der Waals surface area contributed by atoms with Crippen molar-refractivity contribution in [1.29, 1.82) is 0 Å². The van der Waals surface area contributed by atoms with E-state index in [1.54, 1.807) is 35.0 Å². The molecule has 2 aromatic heterocycles. The summed E-state index contributed by atoms with van der Waals surface area (Å²) in [4.78, 5) is 21.6. The molecular weight excluding hydrogens is 404 g/mol. The van der Waals surface area contributed by atoms with E-state index < -0.39 is 16.1 Å². The molecule has 0 aromatic carbocycles. The number of nitrogens with zero attached hydrogens (tertiary/aromatic N) is 4. The third-order valence-corrected chi connectivity index (χ3v) is 9.16. The van der Waals surface area contributed by atoms with Crippen molar-refractivity contribution in [2.75, 3.05) is 37.6 Å². The van der Waals surface area contributed by atoms with Crippen LogP contribution in [0.5, 0.6) is 0 Å². The van der Waals surface area contributed by atoms with E-state index >= 15 is 0 Å². The summed E-state index contributed by atoms with van der Waals surface area (Å²) in [7, 11) is -3.60. The van der Waals surface area contributed by atoms with Gasteiger partial charge < -0.3 is 9.80 Å². The molecule has 0 aliphatic carbocycles. The van der Waals surface area contributed by atoms with Gasteiger partial charge in [0.05, 0.1) is 0 Å². The highest BCUT2D eigenvalue weighted by Crippen LogP contribution is 2.30. The highest BCUT2D eigenvalue weighted by atomic mass is 32.2. The van der Waals surface area contributed by atoms with Gasteiger partial charge in [0.15, 0.2) is 5.13 Å². The van der Waals surface area contributed by atoms with Crippen LogP contribution in [-0.4, -0.2) is 67.3 Å². The highest BCUT2D eigenvalue weighted by Gasteiger charge is 2.41. The van der Waals surface area contributed by atoms with Crippen molar-refractivity contribution in [3.8, 4) is 0 Å². The molecule has 0 radical (unpaired) electrons. The van der Waals surface area contributed by atoms with Crippen LogP contribution in [-0.2, 0) is 14.8 Å². The summed E-state index contributed by atoms with van der Waals surface area (Å²) in [6.07, 6.45) is 3.96. The third kappa shape index (κ3) is 3.75. The number of aromatic nitrogens is 1. The fourth-order valence-electron chi connectivity index (χ4n) is 3.71. The zero-order valence-corrected chi connectivity index (χ0v) is 17.3. The molecule has 4 rings (SSSR count). The van der Waals surface area contributed by atoms with Crippen molar-refractivity contribution in [1.82, 2.24) is 14.2 Å². The molecule has 0 saturated carbocycles. The Bertz CT molecular complexity index is 867. The van der Waals surface area contributed by atoms with Crippen LogP contribution in [0.25, 0.3) is 0 Å². The van der Waals surface area contributed by atoms with Crippen molar-refractivity contribution >= 4 is 43.7 Å². The first kappa shape index (κ1) is 18.9. The maximum atomic E-state index is 13.2. The third-order valence-electron chi connectivity index (χ3n) is 5.04. The fraction of sp³-hybridized carbons (Fsp3) is 0.529. The molecule has 2 aliphatic heterocycles. The maximum Gasteiger partial charge on any atom is 0.253 e. The van der Waals surface area contributed by atoms with Crippen LogP contribution in [0.15, 0.2) is 33.3 Å². The van der Waals surface area contributed by atoms with Gasteiger partial charge in [-0.3, -0.25) is 4.79 Å². The number of carbonyl (C=O) groups excluding carboxylic acids is 1. The van der Waals surface area contributed by atoms with Crippen LogP contribution in [0, 0.1) is 0 Å². The molecule has 0 N–H and O–H groups in total. The fourth-order valence-corrected chi connectivity index (χ4v) is 7.18. The van der Waals surface area contributed by atoms with Gasteiger partial charge in [-0.15, -0.1) is 22.7 Å². The van der Waals surface area contributed by atoms with Crippen molar-refractivity contribution in [3.05, 3.63) is 29.1 Å². The minimum absolute atomic E-state index is 0.0615. The van der Waals surface area contributed by atoms with Gasteiger partial charge in [0.1, 0.15) is 10.3 Å². The second kappa shape index (κ2) is 7.86. The molecule has 4 heterocycles. The van der Waals surface area contributed by atoms with Crippen LogP contribution in [0.1, 0.15) is 19.3 Å². The Balaban J connectivity index is 1.47. The summed E-state index contributed by atoms with van der Waals surface area (Å²) in [5.74, 6) is -0.0615. The number of carbonyl (C=O) groups is 1. The van der Waals surface area contributed by atoms with Crippen LogP contribution in [0.2, 0.25) is 0 Å². The Kier molecular flexibility index (Phi) is 5.49. The lowest BCUT2D eigenvalue weighted by Crippen LogP contribution is -2.48. The molecule has 2 aromatic rings. The number of rotatable bonds is 4. The van der Waals surface area contributed by atoms with Gasteiger partial charge in [-0.1, -0.05) is 6.07 Å². The Morgan fingerprint density at radius 1 is 1.07 bits per heavy atom. The normalized spacial score (nSPS) is 22.1. The van der Waals surface area contributed by atoms with E-state index in [-0.39, 0.29) is 5.91 Å². The van der Waals surface area contributed by atoms with Crippen LogP contribution >= 0.6 is 22.7 Å². The molecule has 0 bridgehead atoms. The molecular formula is C17H22N4O3S3. The first-order valence-electron chi connectivity index (χ1n) is 9.06. The van der Waals surface area contributed by atoms with Gasteiger partial charge >= 0.3 is 0 Å². The predicted octanol–water partition coefficient (Wildman–Crippen LogP) is 2.10. The van der Waals surface area contributed by atoms with Gasteiger partial charge in [-0.05, 0) is 30.7 Å². The van der Waals surface area contributed by atoms with Crippen LogP contribution < -0.4 is 4.90 Å². The topological polar surface area (TPSA) is 73.8 Å². The van der Waals surface area contributed by atoms with E-state index in [1.807, 2.05) is 10.3 Å². The van der Waals surface area contributed by atoms with Crippen molar-refractivity contribution in [3.63, 3.8) is 0 Å². The predicted molar refractivity (Wildman–Crippen MR) is 107 cm³/mol. The number of hydrogen-bond acceptors (Lipinski definition) is 7. The average Bonchev–Trinajstić information content (AvgIpc) is 3.41. The monoisotopic (exact) mass is 426 g/mol. The molecule has 1 unspecified atom stereocenters. The van der Waals surface area contributed by atoms with E-state index in [2.05, 4.69) is 9.88 Å². The van der Waals surface area contributed by atoms with Gasteiger partial charge in [0.25, 0.3) is 10.0 Å². The number of anilines is 1. The van der Waals surface area contributed by atoms with Crippen LogP contribution in [0.4, 0.5) is 5.13 Å². The Morgan fingerprint density at radius 2 is 1.96 bits per heavy atom. The number of thiazole rings is 1. The summed E-state index contributed by atoms with van der Waals surface area (Å²) in [6.45, 7) is 3.25. The molecule has 1 atom stereocenters. The number of amides is 1. The standard InChI is InChI=1S/C17H22N4O3S3/c22-16(19-7-3-8-20(11-10-19)17-18-6-13-26-17)14-4-1-9-21(14)27(23,24)15-5-2-12-25-15/h2,5-6,12-14H,1,3-4,7-11H2. The van der Waals surface area contributed by atoms with Gasteiger partial charge in [-0.2, -0.15) is 4.31 Å². The molecule has 0 spiro atoms. The lowest BCUT2D eigenvalue weighted by atomic mass is 10.2. The minimum Gasteiger partial charge on any atom is -0.346 e. The summed E-state index contributed by atoms with van der Waals surface area (Å²) < 4.78 is 27.6. The van der Waals surface area contributed by atoms with Crippen molar-refractivity contribution in [2.45, 2.75) is 29.5 Å². The molecule has 1 amide bonds. The first-order valence-corrected chi connectivity index (χ1v) is 12.3. The van der Waals surface area contributed by atoms with Crippen molar-refractivity contribution < 1.29 is 13.2 Å². The Labute approximate surface area is 167 Å². The maximum absolute atomic E-state index is 13.2. The van der Waals surface area contributed by atoms with E-state index in [1.165, 1.54) is 15.6 Å². The second-order valence-electron chi connectivity index (χ2n) is 6.69. The summed E-state index contributed by atoms with van der Waals surface area (Å²) in [6, 6.07) is 2.76. The minimum atomic E-state index is -3.60. The SMILES string of the molecule is O=C(C1CCCN1S(=O)(=O)c1cccs1)N1CCCN(c2nccs2)CC1. The Morgan fingerprint density at radius 3 is 2.70 bits per heavy atom. The lowest BCUT2D eigenvalue weighted by molar-refractivity contribution is -0.134. The molecule has 2 saturated heterocycles. The average molecular weight is 427 g/mol. The van der Waals surface area contributed by atoms with E-state index in [0.29, 0.717) is 30.3 Å². The summed E-state index contributed by atoms with van der Waals surface area (Å²) in [5, 5.41) is 4.68. The highest BCUT2D eigenvalue weighted by molar-refractivity contribution is 7.91. The van der Waals surface area contributed by atoms with E-state index in [4.69, 9.17) is 0 Å². The van der Waals surface area contributed by atoms with Gasteiger partial charge in [-0.25, -0.2) is 13.4 Å². The smallest absolute Gasteiger partial charge is 0.253 e. The summed E-state index contributed by atoms with van der Waals surface area (Å²) >= 11 is 2.80. The zero-order chi connectivity index (χ0) is 18.9. The lowest BCUT2D eigenvalue weighted by Gasteiger charge is -2.29. The van der Waals surface area contributed by atoms with Gasteiger partial charge in [0.2, 0.25) is 5.91 Å². The molecule has 27 heavy (non-hydrogen) atoms. The first-order chi connectivity index (χ1) is 13.1. The largest absolute Gasteiger partial charge is 0.346 e. The van der Waals surface area contributed by atoms with Gasteiger partial charge in [0, 0.05) is 44.3 Å². The zero-order valence-electron chi connectivity index (χ0n) is 14.9. The molecule has 146 valence electrons. The molecule has 10 heteroatoms. The van der Waals surface area contributed by atoms with E-state index in [9.17, 15) is 13.2 Å². The van der Waals surface area contributed by atoms with Crippen LogP contribution in [0.3, 0.4) is 0 Å². The number of thiophene rings is 1. The quantitative estimate of drug-likeness (QED) is 0.749. The summed E-state index contributed by atoms with van der Waals surface area (Å²) in [5.41, 5.74) is 0. The number of hydrogen-bond donors (Lipinski definition) is 0. The van der Waals surface area contributed by atoms with E-state index in [0.717, 1.165) is 31.1 Å². The van der Waals surface area contributed by atoms with Crippen molar-refractivity contribution in [2.24, 2.45) is 0 Å². The molecule has 2 fully saturated rings. The molecule has 2 aliphatic rings. The molecule has 7 nitrogen and oxygen atoms in total. The second-order valence-corrected chi connectivity index (χ2v) is 10.6.